The summed E-state index contributed by atoms with van der Waals surface area (Å²) in [5, 5.41) is 8.43. The monoisotopic (exact) mass is 197 g/mol. The molecule has 0 atom stereocenters. The van der Waals surface area contributed by atoms with Gasteiger partial charge in [0.05, 0.1) is 10.3 Å². The number of allylic oxidation sites excluding steroid dienone is 1. The van der Waals surface area contributed by atoms with Crippen LogP contribution in [-0.2, 0) is 0 Å². The van der Waals surface area contributed by atoms with Gasteiger partial charge < -0.3 is 0 Å². The van der Waals surface area contributed by atoms with Crippen LogP contribution in [0.25, 0.3) is 0 Å². The highest BCUT2D eigenvalue weighted by atomic mass is 32.2. The maximum absolute atomic E-state index is 8.43. The molecule has 0 saturated carbocycles. The molecule has 0 spiro atoms. The predicted octanol–water partition coefficient (Wildman–Crippen LogP) is 3.19. The van der Waals surface area contributed by atoms with Crippen LogP contribution >= 0.6 is 23.5 Å². The summed E-state index contributed by atoms with van der Waals surface area (Å²) in [6.45, 7) is 7.23. The Kier molecular flexibility index (Phi) is 8.09. The molecular formula is C9H11NS2. The van der Waals surface area contributed by atoms with Gasteiger partial charge in [-0.3, -0.25) is 0 Å². The van der Waals surface area contributed by atoms with Crippen LogP contribution in [-0.4, -0.2) is 11.5 Å². The fourth-order valence-electron chi connectivity index (χ4n) is 0.460. The predicted molar refractivity (Wildman–Crippen MR) is 59.0 cm³/mol. The van der Waals surface area contributed by atoms with Crippen LogP contribution in [0.2, 0.25) is 0 Å². The van der Waals surface area contributed by atoms with E-state index in [1.807, 2.05) is 18.2 Å². The van der Waals surface area contributed by atoms with Gasteiger partial charge in [0, 0.05) is 17.6 Å². The SMILES string of the molecule is C=CCSC(=CC#N)SCC=C. The molecule has 0 radical (unpaired) electrons. The molecule has 0 unspecified atom stereocenters. The minimum Gasteiger partial charge on any atom is -0.193 e. The Bertz CT molecular complexity index is 199. The second-order valence-corrected chi connectivity index (χ2v) is 4.17. The normalized spacial score (nSPS) is 8.25. The van der Waals surface area contributed by atoms with Crippen molar-refractivity contribution in [1.29, 1.82) is 5.26 Å². The van der Waals surface area contributed by atoms with Crippen LogP contribution in [0.3, 0.4) is 0 Å². The molecule has 1 nitrogen and oxygen atoms in total. The number of rotatable bonds is 6. The number of thioether (sulfide) groups is 2. The molecule has 0 aliphatic rings. The van der Waals surface area contributed by atoms with E-state index in [4.69, 9.17) is 5.26 Å². The Morgan fingerprint density at radius 3 is 2.08 bits per heavy atom. The fraction of sp³-hybridized carbons (Fsp3) is 0.222. The molecule has 0 bridgehead atoms. The lowest BCUT2D eigenvalue weighted by molar-refractivity contribution is 1.53. The van der Waals surface area contributed by atoms with E-state index in [2.05, 4.69) is 13.2 Å². The first-order chi connectivity index (χ1) is 5.85. The summed E-state index contributed by atoms with van der Waals surface area (Å²) < 4.78 is 1.03. The summed E-state index contributed by atoms with van der Waals surface area (Å²) in [6, 6.07) is 2.01. The van der Waals surface area contributed by atoms with E-state index in [-0.39, 0.29) is 0 Å². The molecular weight excluding hydrogens is 186 g/mol. The van der Waals surface area contributed by atoms with Crippen molar-refractivity contribution < 1.29 is 0 Å². The van der Waals surface area contributed by atoms with Gasteiger partial charge in [-0.25, -0.2) is 0 Å². The van der Waals surface area contributed by atoms with Crippen LogP contribution in [0.15, 0.2) is 35.6 Å². The first-order valence-electron chi connectivity index (χ1n) is 3.42. The second-order valence-electron chi connectivity index (χ2n) is 1.79. The van der Waals surface area contributed by atoms with Crippen molar-refractivity contribution in [3.8, 4) is 6.07 Å². The van der Waals surface area contributed by atoms with E-state index in [9.17, 15) is 0 Å². The first-order valence-corrected chi connectivity index (χ1v) is 5.39. The lowest BCUT2D eigenvalue weighted by Gasteiger charge is -1.99. The van der Waals surface area contributed by atoms with Crippen LogP contribution in [0.5, 0.6) is 0 Å². The third-order valence-electron chi connectivity index (χ3n) is 0.869. The summed E-state index contributed by atoms with van der Waals surface area (Å²) in [6.07, 6.45) is 5.21. The summed E-state index contributed by atoms with van der Waals surface area (Å²) in [5.74, 6) is 1.69. The van der Waals surface area contributed by atoms with Crippen LogP contribution in [0.1, 0.15) is 0 Å². The molecule has 0 heterocycles. The van der Waals surface area contributed by atoms with Gasteiger partial charge in [-0.2, -0.15) is 5.26 Å². The molecule has 0 fully saturated rings. The molecule has 0 aliphatic carbocycles. The minimum absolute atomic E-state index is 0.845. The Balaban J connectivity index is 3.87. The molecule has 0 rings (SSSR count). The molecule has 0 saturated heterocycles. The van der Waals surface area contributed by atoms with Gasteiger partial charge in [-0.05, 0) is 0 Å². The zero-order valence-corrected chi connectivity index (χ0v) is 8.46. The zero-order chi connectivity index (χ0) is 9.23. The first kappa shape index (κ1) is 11.4. The maximum Gasteiger partial charge on any atom is 0.0929 e. The molecule has 0 aromatic rings. The van der Waals surface area contributed by atoms with Crippen LogP contribution in [0.4, 0.5) is 0 Å². The molecule has 3 heteroatoms. The highest BCUT2D eigenvalue weighted by molar-refractivity contribution is 8.22. The topological polar surface area (TPSA) is 23.8 Å². The average molecular weight is 197 g/mol. The van der Waals surface area contributed by atoms with Gasteiger partial charge in [-0.1, -0.05) is 12.2 Å². The zero-order valence-electron chi connectivity index (χ0n) is 6.82. The Labute approximate surface area is 82.2 Å². The van der Waals surface area contributed by atoms with Crippen molar-refractivity contribution in [3.05, 3.63) is 35.6 Å². The summed E-state index contributed by atoms with van der Waals surface area (Å²) in [5.41, 5.74) is 0. The van der Waals surface area contributed by atoms with Gasteiger partial charge in [0.1, 0.15) is 0 Å². The molecule has 0 aliphatic heterocycles. The second kappa shape index (κ2) is 8.51. The number of nitrogens with zero attached hydrogens (tertiary/aromatic N) is 1. The van der Waals surface area contributed by atoms with E-state index in [0.717, 1.165) is 15.7 Å². The Morgan fingerprint density at radius 1 is 1.25 bits per heavy atom. The highest BCUT2D eigenvalue weighted by Gasteiger charge is 1.95. The van der Waals surface area contributed by atoms with Crippen LogP contribution < -0.4 is 0 Å². The smallest absolute Gasteiger partial charge is 0.0929 e. The molecule has 12 heavy (non-hydrogen) atoms. The Morgan fingerprint density at radius 2 is 1.75 bits per heavy atom. The molecule has 64 valence electrons. The van der Waals surface area contributed by atoms with Crippen molar-refractivity contribution in [1.82, 2.24) is 0 Å². The Hall–Kier alpha value is -0.590. The van der Waals surface area contributed by atoms with Crippen molar-refractivity contribution in [2.45, 2.75) is 0 Å². The summed E-state index contributed by atoms with van der Waals surface area (Å²) >= 11 is 3.24. The van der Waals surface area contributed by atoms with E-state index in [1.165, 1.54) is 0 Å². The van der Waals surface area contributed by atoms with Gasteiger partial charge >= 0.3 is 0 Å². The van der Waals surface area contributed by atoms with Gasteiger partial charge in [0.15, 0.2) is 0 Å². The quantitative estimate of drug-likeness (QED) is 0.482. The van der Waals surface area contributed by atoms with Gasteiger partial charge in [-0.15, -0.1) is 36.7 Å². The van der Waals surface area contributed by atoms with Gasteiger partial charge in [0.2, 0.25) is 0 Å². The lowest BCUT2D eigenvalue weighted by atomic mass is 10.7. The van der Waals surface area contributed by atoms with Crippen LogP contribution in [0, 0.1) is 11.3 Å². The molecule has 0 amide bonds. The standard InChI is InChI=1S/C9H11NS2/c1-3-7-11-9(5-6-10)12-8-4-2/h3-5H,1-2,7-8H2. The maximum atomic E-state index is 8.43. The average Bonchev–Trinajstić information content (AvgIpc) is 2.10. The third kappa shape index (κ3) is 6.14. The summed E-state index contributed by atoms with van der Waals surface area (Å²) in [7, 11) is 0. The number of nitriles is 1. The van der Waals surface area contributed by atoms with E-state index >= 15 is 0 Å². The van der Waals surface area contributed by atoms with Crippen molar-refractivity contribution in [3.63, 3.8) is 0 Å². The summed E-state index contributed by atoms with van der Waals surface area (Å²) in [4.78, 5) is 0. The molecule has 0 aromatic heterocycles. The van der Waals surface area contributed by atoms with Gasteiger partial charge in [0.25, 0.3) is 0 Å². The van der Waals surface area contributed by atoms with E-state index in [1.54, 1.807) is 29.6 Å². The molecule has 0 N–H and O–H groups in total. The minimum atomic E-state index is 0.845. The fourth-order valence-corrected chi connectivity index (χ4v) is 2.04. The number of hydrogen-bond acceptors (Lipinski definition) is 3. The molecule has 0 aromatic carbocycles. The lowest BCUT2D eigenvalue weighted by Crippen LogP contribution is -1.75. The highest BCUT2D eigenvalue weighted by Crippen LogP contribution is 2.27. The van der Waals surface area contributed by atoms with Crippen molar-refractivity contribution >= 4 is 23.5 Å². The van der Waals surface area contributed by atoms with E-state index < -0.39 is 0 Å². The van der Waals surface area contributed by atoms with E-state index in [0.29, 0.717) is 0 Å². The number of hydrogen-bond donors (Lipinski definition) is 0. The largest absolute Gasteiger partial charge is 0.193 e. The van der Waals surface area contributed by atoms with Crippen molar-refractivity contribution in [2.24, 2.45) is 0 Å². The third-order valence-corrected chi connectivity index (χ3v) is 3.19. The van der Waals surface area contributed by atoms with Crippen molar-refractivity contribution in [2.75, 3.05) is 11.5 Å².